The summed E-state index contributed by atoms with van der Waals surface area (Å²) < 4.78 is 5.46. The van der Waals surface area contributed by atoms with Crippen molar-refractivity contribution in [3.63, 3.8) is 0 Å². The highest BCUT2D eigenvalue weighted by atomic mass is 35.5. The number of aliphatic hydroxyl groups excluding tert-OH is 1. The Kier molecular flexibility index (Phi) is 6.82. The Morgan fingerprint density at radius 2 is 1.95 bits per heavy atom. The van der Waals surface area contributed by atoms with Crippen LogP contribution in [-0.4, -0.2) is 42.4 Å². The van der Waals surface area contributed by atoms with E-state index in [0.717, 1.165) is 44.5 Å². The average Bonchev–Trinajstić information content (AvgIpc) is 2.47. The number of ether oxygens (including phenoxy) is 1. The molecule has 1 aliphatic heterocycles. The molecule has 0 saturated carbocycles. The van der Waals surface area contributed by atoms with Crippen LogP contribution in [0.3, 0.4) is 0 Å². The molecule has 2 rings (SSSR count). The van der Waals surface area contributed by atoms with Gasteiger partial charge in [-0.2, -0.15) is 0 Å². The molecule has 2 unspecified atom stereocenters. The first-order valence-electron chi connectivity index (χ1n) is 8.06. The summed E-state index contributed by atoms with van der Waals surface area (Å²) >= 11 is 12.5. The fourth-order valence-corrected chi connectivity index (χ4v) is 3.77. The summed E-state index contributed by atoms with van der Waals surface area (Å²) in [7, 11) is 0. The number of hydrogen-bond donors (Lipinski definition) is 1. The van der Waals surface area contributed by atoms with Gasteiger partial charge in [0.25, 0.3) is 0 Å². The number of halogens is 2. The van der Waals surface area contributed by atoms with Crippen LogP contribution in [-0.2, 0) is 6.42 Å². The molecule has 22 heavy (non-hydrogen) atoms. The van der Waals surface area contributed by atoms with Gasteiger partial charge in [0.15, 0.2) is 5.75 Å². The van der Waals surface area contributed by atoms with Crippen LogP contribution in [0.25, 0.3) is 0 Å². The van der Waals surface area contributed by atoms with Crippen molar-refractivity contribution in [1.82, 2.24) is 4.90 Å². The first-order valence-corrected chi connectivity index (χ1v) is 8.81. The summed E-state index contributed by atoms with van der Waals surface area (Å²) in [5.74, 6) is 0.775. The lowest BCUT2D eigenvalue weighted by Gasteiger charge is -2.36. The van der Waals surface area contributed by atoms with E-state index in [1.807, 2.05) is 19.1 Å². The standard InChI is InChI=1S/C17H25Cl2NO2/c1-3-6-20-7-5-16(21)13(11-20)8-12-9-14(18)17(22-4-2)15(19)10-12/h9-10,13,16,21H,3-8,11H2,1-2H3. The lowest BCUT2D eigenvalue weighted by atomic mass is 9.88. The Labute approximate surface area is 143 Å². The van der Waals surface area contributed by atoms with Gasteiger partial charge in [0.05, 0.1) is 22.8 Å². The maximum Gasteiger partial charge on any atom is 0.156 e. The first-order chi connectivity index (χ1) is 10.5. The minimum Gasteiger partial charge on any atom is -0.491 e. The largest absolute Gasteiger partial charge is 0.491 e. The topological polar surface area (TPSA) is 32.7 Å². The SMILES string of the molecule is CCCN1CCC(O)C(Cc2cc(Cl)c(OCC)c(Cl)c2)C1. The van der Waals surface area contributed by atoms with Gasteiger partial charge in [-0.1, -0.05) is 30.1 Å². The summed E-state index contributed by atoms with van der Waals surface area (Å²) in [4.78, 5) is 2.43. The van der Waals surface area contributed by atoms with E-state index >= 15 is 0 Å². The molecule has 1 aromatic carbocycles. The molecule has 1 aromatic rings. The summed E-state index contributed by atoms with van der Waals surface area (Å²) in [6.07, 6.45) is 2.51. The van der Waals surface area contributed by atoms with E-state index in [-0.39, 0.29) is 12.0 Å². The molecular weight excluding hydrogens is 321 g/mol. The molecule has 1 aliphatic rings. The number of rotatable bonds is 6. The van der Waals surface area contributed by atoms with Crippen molar-refractivity contribution in [3.05, 3.63) is 27.7 Å². The lowest BCUT2D eigenvalue weighted by Crippen LogP contribution is -2.44. The van der Waals surface area contributed by atoms with Gasteiger partial charge in [-0.05, 0) is 50.4 Å². The Bertz CT molecular complexity index is 473. The fraction of sp³-hybridized carbons (Fsp3) is 0.647. The molecule has 1 heterocycles. The summed E-state index contributed by atoms with van der Waals surface area (Å²) in [5.41, 5.74) is 1.06. The van der Waals surface area contributed by atoms with Gasteiger partial charge in [0.2, 0.25) is 0 Å². The molecule has 1 fully saturated rings. The molecular formula is C17H25Cl2NO2. The van der Waals surface area contributed by atoms with Gasteiger partial charge in [-0.3, -0.25) is 0 Å². The molecule has 0 aliphatic carbocycles. The number of hydrogen-bond acceptors (Lipinski definition) is 3. The molecule has 3 nitrogen and oxygen atoms in total. The van der Waals surface area contributed by atoms with Crippen LogP contribution < -0.4 is 4.74 Å². The monoisotopic (exact) mass is 345 g/mol. The highest BCUT2D eigenvalue weighted by Gasteiger charge is 2.27. The number of nitrogens with zero attached hydrogens (tertiary/aromatic N) is 1. The minimum atomic E-state index is -0.253. The Hall–Kier alpha value is -0.480. The predicted octanol–water partition coefficient (Wildman–Crippen LogP) is 4.03. The molecule has 0 spiro atoms. The molecule has 5 heteroatoms. The third-order valence-electron chi connectivity index (χ3n) is 4.16. The molecule has 1 saturated heterocycles. The van der Waals surface area contributed by atoms with Gasteiger partial charge >= 0.3 is 0 Å². The molecule has 1 N–H and O–H groups in total. The minimum absolute atomic E-state index is 0.227. The third-order valence-corrected chi connectivity index (χ3v) is 4.72. The van der Waals surface area contributed by atoms with Crippen molar-refractivity contribution >= 4 is 23.2 Å². The number of benzene rings is 1. The quantitative estimate of drug-likeness (QED) is 0.844. The van der Waals surface area contributed by atoms with Gasteiger partial charge in [0, 0.05) is 19.0 Å². The van der Waals surface area contributed by atoms with E-state index in [1.165, 1.54) is 0 Å². The van der Waals surface area contributed by atoms with Crippen LogP contribution >= 0.6 is 23.2 Å². The summed E-state index contributed by atoms with van der Waals surface area (Å²) in [6.45, 7) is 7.63. The van der Waals surface area contributed by atoms with Crippen molar-refractivity contribution in [3.8, 4) is 5.75 Å². The van der Waals surface area contributed by atoms with Gasteiger partial charge in [-0.25, -0.2) is 0 Å². The van der Waals surface area contributed by atoms with E-state index in [2.05, 4.69) is 11.8 Å². The smallest absolute Gasteiger partial charge is 0.156 e. The van der Waals surface area contributed by atoms with Crippen LogP contribution in [0.1, 0.15) is 32.3 Å². The van der Waals surface area contributed by atoms with Crippen molar-refractivity contribution in [2.24, 2.45) is 5.92 Å². The third kappa shape index (κ3) is 4.51. The van der Waals surface area contributed by atoms with Crippen LogP contribution in [0.2, 0.25) is 10.0 Å². The van der Waals surface area contributed by atoms with Crippen LogP contribution in [0.15, 0.2) is 12.1 Å². The summed E-state index contributed by atoms with van der Waals surface area (Å²) in [5, 5.41) is 11.4. The second-order valence-corrected chi connectivity index (χ2v) is 6.76. The zero-order valence-corrected chi connectivity index (χ0v) is 14.8. The van der Waals surface area contributed by atoms with E-state index in [0.29, 0.717) is 22.4 Å². The van der Waals surface area contributed by atoms with Crippen molar-refractivity contribution in [2.75, 3.05) is 26.2 Å². The van der Waals surface area contributed by atoms with E-state index < -0.39 is 0 Å². The second kappa shape index (κ2) is 8.39. The van der Waals surface area contributed by atoms with Crippen LogP contribution in [0.4, 0.5) is 0 Å². The molecule has 0 aromatic heterocycles. The Morgan fingerprint density at radius 1 is 1.27 bits per heavy atom. The number of piperidine rings is 1. The van der Waals surface area contributed by atoms with E-state index in [1.54, 1.807) is 0 Å². The normalized spacial score (nSPS) is 22.8. The van der Waals surface area contributed by atoms with Gasteiger partial charge in [0.1, 0.15) is 0 Å². The molecule has 124 valence electrons. The van der Waals surface area contributed by atoms with Crippen molar-refractivity contribution in [2.45, 2.75) is 39.2 Å². The second-order valence-electron chi connectivity index (χ2n) is 5.94. The molecule has 0 radical (unpaired) electrons. The lowest BCUT2D eigenvalue weighted by molar-refractivity contribution is 0.0270. The molecule has 0 bridgehead atoms. The van der Waals surface area contributed by atoms with Gasteiger partial charge < -0.3 is 14.7 Å². The van der Waals surface area contributed by atoms with Crippen molar-refractivity contribution < 1.29 is 9.84 Å². The van der Waals surface area contributed by atoms with Gasteiger partial charge in [-0.15, -0.1) is 0 Å². The zero-order chi connectivity index (χ0) is 16.1. The highest BCUT2D eigenvalue weighted by Crippen LogP contribution is 2.35. The maximum absolute atomic E-state index is 10.3. The first kappa shape index (κ1) is 17.9. The average molecular weight is 346 g/mol. The molecule has 0 amide bonds. The van der Waals surface area contributed by atoms with Crippen molar-refractivity contribution in [1.29, 1.82) is 0 Å². The Balaban J connectivity index is 2.08. The number of likely N-dealkylation sites (tertiary alicyclic amines) is 1. The Morgan fingerprint density at radius 3 is 2.55 bits per heavy atom. The fourth-order valence-electron chi connectivity index (χ4n) is 3.13. The predicted molar refractivity (Wildman–Crippen MR) is 92.2 cm³/mol. The zero-order valence-electron chi connectivity index (χ0n) is 13.3. The van der Waals surface area contributed by atoms with E-state index in [4.69, 9.17) is 27.9 Å². The summed E-state index contributed by atoms with van der Waals surface area (Å²) in [6, 6.07) is 3.81. The molecule has 2 atom stereocenters. The van der Waals surface area contributed by atoms with Crippen LogP contribution in [0, 0.1) is 5.92 Å². The van der Waals surface area contributed by atoms with E-state index in [9.17, 15) is 5.11 Å². The maximum atomic E-state index is 10.3. The number of aliphatic hydroxyl groups is 1. The van der Waals surface area contributed by atoms with Crippen LogP contribution in [0.5, 0.6) is 5.75 Å². The highest BCUT2D eigenvalue weighted by molar-refractivity contribution is 6.37.